The van der Waals surface area contributed by atoms with Crippen molar-refractivity contribution in [3.05, 3.63) is 57.5 Å². The van der Waals surface area contributed by atoms with Gasteiger partial charge in [-0.05, 0) is 35.7 Å². The minimum atomic E-state index is -1.24. The molecule has 0 saturated heterocycles. The highest BCUT2D eigenvalue weighted by atomic mass is 32.1. The quantitative estimate of drug-likeness (QED) is 0.884. The van der Waals surface area contributed by atoms with Gasteiger partial charge in [0.1, 0.15) is 5.82 Å². The van der Waals surface area contributed by atoms with Crippen molar-refractivity contribution in [2.45, 2.75) is 20.0 Å². The van der Waals surface area contributed by atoms with Crippen LogP contribution in [-0.4, -0.2) is 22.5 Å². The zero-order valence-corrected chi connectivity index (χ0v) is 12.0. The normalized spacial score (nSPS) is 10.9. The summed E-state index contributed by atoms with van der Waals surface area (Å²) in [6.45, 7) is 4.32. The van der Waals surface area contributed by atoms with E-state index in [4.69, 9.17) is 5.11 Å². The first kappa shape index (κ1) is 14.7. The van der Waals surface area contributed by atoms with Gasteiger partial charge in [0.05, 0.1) is 5.56 Å². The van der Waals surface area contributed by atoms with Crippen LogP contribution in [0.5, 0.6) is 0 Å². The van der Waals surface area contributed by atoms with Gasteiger partial charge in [-0.2, -0.15) is 0 Å². The SMILES string of the molecule is CCN(Cc1ccc(C(=O)O)c(F)c1)Cc1cccs1. The Morgan fingerprint density at radius 2 is 2.15 bits per heavy atom. The second-order valence-electron chi connectivity index (χ2n) is 4.50. The Bertz CT molecular complexity index is 584. The van der Waals surface area contributed by atoms with Gasteiger partial charge in [0.25, 0.3) is 0 Å². The maximum absolute atomic E-state index is 13.6. The average Bonchev–Trinajstić information content (AvgIpc) is 2.90. The molecule has 2 aromatic rings. The average molecular weight is 293 g/mol. The maximum Gasteiger partial charge on any atom is 0.338 e. The molecule has 0 atom stereocenters. The molecule has 1 aromatic carbocycles. The van der Waals surface area contributed by atoms with Crippen LogP contribution in [0, 0.1) is 5.82 Å². The smallest absolute Gasteiger partial charge is 0.338 e. The Hall–Kier alpha value is -1.72. The van der Waals surface area contributed by atoms with Crippen LogP contribution >= 0.6 is 11.3 Å². The van der Waals surface area contributed by atoms with Crippen molar-refractivity contribution in [2.24, 2.45) is 0 Å². The van der Waals surface area contributed by atoms with Gasteiger partial charge in [-0.15, -0.1) is 11.3 Å². The largest absolute Gasteiger partial charge is 0.478 e. The monoisotopic (exact) mass is 293 g/mol. The lowest BCUT2D eigenvalue weighted by Crippen LogP contribution is -2.22. The molecule has 0 aliphatic heterocycles. The second-order valence-corrected chi connectivity index (χ2v) is 5.53. The molecular formula is C15H16FNO2S. The molecule has 0 fully saturated rings. The minimum Gasteiger partial charge on any atom is -0.478 e. The van der Waals surface area contributed by atoms with Crippen molar-refractivity contribution >= 4 is 17.3 Å². The summed E-state index contributed by atoms with van der Waals surface area (Å²) in [4.78, 5) is 14.2. The summed E-state index contributed by atoms with van der Waals surface area (Å²) < 4.78 is 13.6. The summed E-state index contributed by atoms with van der Waals surface area (Å²) in [5.74, 6) is -1.91. The van der Waals surface area contributed by atoms with E-state index in [2.05, 4.69) is 17.9 Å². The molecule has 0 aliphatic rings. The number of nitrogens with zero attached hydrogens (tertiary/aromatic N) is 1. The summed E-state index contributed by atoms with van der Waals surface area (Å²) >= 11 is 1.69. The lowest BCUT2D eigenvalue weighted by molar-refractivity contribution is 0.0692. The van der Waals surface area contributed by atoms with Crippen molar-refractivity contribution in [2.75, 3.05) is 6.54 Å². The van der Waals surface area contributed by atoms with Crippen LogP contribution in [0.4, 0.5) is 4.39 Å². The number of aromatic carboxylic acids is 1. The van der Waals surface area contributed by atoms with Crippen LogP contribution in [0.1, 0.15) is 27.7 Å². The zero-order valence-electron chi connectivity index (χ0n) is 11.2. The van der Waals surface area contributed by atoms with E-state index >= 15 is 0 Å². The molecule has 1 aromatic heterocycles. The molecule has 0 unspecified atom stereocenters. The number of carbonyl (C=O) groups is 1. The summed E-state index contributed by atoms with van der Waals surface area (Å²) in [7, 11) is 0. The molecule has 0 spiro atoms. The van der Waals surface area contributed by atoms with Crippen LogP contribution in [0.25, 0.3) is 0 Å². The van der Waals surface area contributed by atoms with Gasteiger partial charge in [-0.3, -0.25) is 4.90 Å². The molecule has 0 bridgehead atoms. The molecule has 0 amide bonds. The van der Waals surface area contributed by atoms with Crippen LogP contribution in [0.3, 0.4) is 0 Å². The van der Waals surface area contributed by atoms with E-state index in [0.717, 1.165) is 18.7 Å². The Balaban J connectivity index is 2.07. The lowest BCUT2D eigenvalue weighted by Gasteiger charge is -2.19. The predicted octanol–water partition coefficient (Wildman–Crippen LogP) is 3.61. The first-order valence-corrected chi connectivity index (χ1v) is 7.24. The van der Waals surface area contributed by atoms with Gasteiger partial charge in [0.15, 0.2) is 0 Å². The first-order valence-electron chi connectivity index (χ1n) is 6.36. The van der Waals surface area contributed by atoms with Crippen molar-refractivity contribution in [1.29, 1.82) is 0 Å². The van der Waals surface area contributed by atoms with Crippen molar-refractivity contribution < 1.29 is 14.3 Å². The van der Waals surface area contributed by atoms with Crippen LogP contribution in [0.2, 0.25) is 0 Å². The maximum atomic E-state index is 13.6. The van der Waals surface area contributed by atoms with E-state index in [1.165, 1.54) is 17.0 Å². The summed E-state index contributed by atoms with van der Waals surface area (Å²) in [5, 5.41) is 10.8. The Labute approximate surface area is 121 Å². The zero-order chi connectivity index (χ0) is 14.5. The van der Waals surface area contributed by atoms with Gasteiger partial charge in [0.2, 0.25) is 0 Å². The predicted molar refractivity (Wildman–Crippen MR) is 77.5 cm³/mol. The van der Waals surface area contributed by atoms with Gasteiger partial charge in [-0.25, -0.2) is 9.18 Å². The van der Waals surface area contributed by atoms with Crippen molar-refractivity contribution in [3.8, 4) is 0 Å². The Morgan fingerprint density at radius 1 is 1.35 bits per heavy atom. The number of carboxylic acid groups (broad SMARTS) is 1. The van der Waals surface area contributed by atoms with E-state index in [0.29, 0.717) is 6.54 Å². The number of carboxylic acids is 1. The van der Waals surface area contributed by atoms with E-state index in [9.17, 15) is 9.18 Å². The van der Waals surface area contributed by atoms with E-state index in [1.807, 2.05) is 11.4 Å². The number of hydrogen-bond acceptors (Lipinski definition) is 3. The summed E-state index contributed by atoms with van der Waals surface area (Å²) in [6.07, 6.45) is 0. The molecule has 0 aliphatic carbocycles. The Morgan fingerprint density at radius 3 is 2.70 bits per heavy atom. The third kappa shape index (κ3) is 3.65. The number of halogens is 1. The molecule has 3 nitrogen and oxygen atoms in total. The van der Waals surface area contributed by atoms with Crippen LogP contribution in [-0.2, 0) is 13.1 Å². The summed E-state index contributed by atoms with van der Waals surface area (Å²) in [6, 6.07) is 8.38. The molecule has 2 rings (SSSR count). The van der Waals surface area contributed by atoms with Gasteiger partial charge >= 0.3 is 5.97 Å². The number of thiophene rings is 1. The standard InChI is InChI=1S/C15H16FNO2S/c1-2-17(10-12-4-3-7-20-12)9-11-5-6-13(15(18)19)14(16)8-11/h3-8H,2,9-10H2,1H3,(H,18,19). The molecule has 20 heavy (non-hydrogen) atoms. The van der Waals surface area contributed by atoms with E-state index in [1.54, 1.807) is 17.4 Å². The number of hydrogen-bond donors (Lipinski definition) is 1. The first-order chi connectivity index (χ1) is 9.60. The molecule has 106 valence electrons. The molecule has 1 N–H and O–H groups in total. The lowest BCUT2D eigenvalue weighted by atomic mass is 10.1. The third-order valence-corrected chi connectivity index (χ3v) is 3.94. The third-order valence-electron chi connectivity index (χ3n) is 3.08. The highest BCUT2D eigenvalue weighted by Crippen LogP contribution is 2.16. The Kier molecular flexibility index (Phi) is 4.87. The van der Waals surface area contributed by atoms with Gasteiger partial charge < -0.3 is 5.11 Å². The van der Waals surface area contributed by atoms with Crippen molar-refractivity contribution in [1.82, 2.24) is 4.90 Å². The highest BCUT2D eigenvalue weighted by Gasteiger charge is 2.12. The molecule has 5 heteroatoms. The highest BCUT2D eigenvalue weighted by molar-refractivity contribution is 7.09. The minimum absolute atomic E-state index is 0.282. The van der Waals surface area contributed by atoms with E-state index in [-0.39, 0.29) is 5.56 Å². The van der Waals surface area contributed by atoms with Crippen LogP contribution in [0.15, 0.2) is 35.7 Å². The molecule has 0 saturated carbocycles. The second kappa shape index (κ2) is 6.63. The fraction of sp³-hybridized carbons (Fsp3) is 0.267. The number of rotatable bonds is 6. The number of benzene rings is 1. The molecule has 0 radical (unpaired) electrons. The summed E-state index contributed by atoms with van der Waals surface area (Å²) in [5.41, 5.74) is 0.501. The topological polar surface area (TPSA) is 40.5 Å². The fourth-order valence-electron chi connectivity index (χ4n) is 1.99. The van der Waals surface area contributed by atoms with Crippen LogP contribution < -0.4 is 0 Å². The fourth-order valence-corrected chi connectivity index (χ4v) is 2.74. The molecule has 1 heterocycles. The van der Waals surface area contributed by atoms with E-state index < -0.39 is 11.8 Å². The van der Waals surface area contributed by atoms with Gasteiger partial charge in [-0.1, -0.05) is 19.1 Å². The van der Waals surface area contributed by atoms with Gasteiger partial charge in [0, 0.05) is 18.0 Å². The van der Waals surface area contributed by atoms with Crippen molar-refractivity contribution in [3.63, 3.8) is 0 Å². The molecular weight excluding hydrogens is 277 g/mol.